The number of alkyl carbamates (subject to hydrolysis) is 1. The molecule has 0 rings (SSSR count). The molecule has 0 saturated heterocycles. The van der Waals surface area contributed by atoms with Crippen LogP contribution in [0, 0.1) is 5.92 Å². The van der Waals surface area contributed by atoms with Crippen molar-refractivity contribution in [3.63, 3.8) is 0 Å². The summed E-state index contributed by atoms with van der Waals surface area (Å²) >= 11 is 0. The van der Waals surface area contributed by atoms with E-state index in [4.69, 9.17) is 10.5 Å². The SMILES string of the molecule is CC[C@H](C)[C@H](NC(=O)[C@@H](C)NC(=O)OC(C)(C)C)C(N)=O. The molecule has 0 aliphatic carbocycles. The summed E-state index contributed by atoms with van der Waals surface area (Å²) in [6.07, 6.45) is 0.00574. The van der Waals surface area contributed by atoms with Crippen LogP contribution in [0.25, 0.3) is 0 Å². The highest BCUT2D eigenvalue weighted by Crippen LogP contribution is 2.08. The van der Waals surface area contributed by atoms with Gasteiger partial charge in [0.1, 0.15) is 17.7 Å². The molecule has 0 aromatic heterocycles. The lowest BCUT2D eigenvalue weighted by atomic mass is 9.98. The van der Waals surface area contributed by atoms with E-state index in [2.05, 4.69) is 10.6 Å². The number of carbonyl (C=O) groups is 3. The topological polar surface area (TPSA) is 111 Å². The van der Waals surface area contributed by atoms with Crippen LogP contribution in [0.1, 0.15) is 48.0 Å². The van der Waals surface area contributed by atoms with Gasteiger partial charge in [0.15, 0.2) is 0 Å². The first-order valence-electron chi connectivity index (χ1n) is 7.07. The summed E-state index contributed by atoms with van der Waals surface area (Å²) in [5.41, 5.74) is 4.63. The van der Waals surface area contributed by atoms with Gasteiger partial charge in [-0.3, -0.25) is 9.59 Å². The minimum absolute atomic E-state index is 0.0832. The first kappa shape index (κ1) is 19.2. The maximum atomic E-state index is 12.0. The van der Waals surface area contributed by atoms with E-state index in [1.165, 1.54) is 6.92 Å². The van der Waals surface area contributed by atoms with Gasteiger partial charge < -0.3 is 21.1 Å². The van der Waals surface area contributed by atoms with Crippen molar-refractivity contribution in [1.82, 2.24) is 10.6 Å². The lowest BCUT2D eigenvalue weighted by Gasteiger charge is -2.24. The number of nitrogens with two attached hydrogens (primary N) is 1. The number of rotatable bonds is 6. The molecule has 7 nitrogen and oxygen atoms in total. The average molecular weight is 301 g/mol. The number of primary amides is 1. The summed E-state index contributed by atoms with van der Waals surface area (Å²) in [4.78, 5) is 34.9. The second kappa shape index (κ2) is 7.85. The minimum atomic E-state index is -0.828. The van der Waals surface area contributed by atoms with Crippen LogP contribution in [0.4, 0.5) is 4.79 Å². The zero-order chi connectivity index (χ0) is 16.8. The molecule has 0 bridgehead atoms. The van der Waals surface area contributed by atoms with Crippen LogP contribution in [0.2, 0.25) is 0 Å². The molecule has 3 amide bonds. The summed E-state index contributed by atoms with van der Waals surface area (Å²) in [7, 11) is 0. The third-order valence-corrected chi connectivity index (χ3v) is 2.94. The number of amides is 3. The number of nitrogens with one attached hydrogen (secondary N) is 2. The van der Waals surface area contributed by atoms with Gasteiger partial charge in [-0.2, -0.15) is 0 Å². The van der Waals surface area contributed by atoms with Gasteiger partial charge in [-0.15, -0.1) is 0 Å². The Labute approximate surface area is 126 Å². The molecule has 0 aromatic carbocycles. The van der Waals surface area contributed by atoms with Crippen molar-refractivity contribution < 1.29 is 19.1 Å². The summed E-state index contributed by atoms with van der Waals surface area (Å²) in [6.45, 7) is 10.4. The van der Waals surface area contributed by atoms with E-state index >= 15 is 0 Å². The highest BCUT2D eigenvalue weighted by Gasteiger charge is 2.27. The minimum Gasteiger partial charge on any atom is -0.444 e. The fourth-order valence-corrected chi connectivity index (χ4v) is 1.56. The smallest absolute Gasteiger partial charge is 0.408 e. The van der Waals surface area contributed by atoms with Crippen molar-refractivity contribution in [2.75, 3.05) is 0 Å². The Balaban J connectivity index is 4.57. The molecule has 4 N–H and O–H groups in total. The van der Waals surface area contributed by atoms with E-state index in [0.29, 0.717) is 6.42 Å². The van der Waals surface area contributed by atoms with Crippen LogP contribution in [0.15, 0.2) is 0 Å². The van der Waals surface area contributed by atoms with Gasteiger partial charge in [0.2, 0.25) is 11.8 Å². The van der Waals surface area contributed by atoms with Crippen molar-refractivity contribution in [2.24, 2.45) is 11.7 Å². The summed E-state index contributed by atoms with van der Waals surface area (Å²) in [6, 6.07) is -1.59. The van der Waals surface area contributed by atoms with E-state index in [9.17, 15) is 14.4 Å². The van der Waals surface area contributed by atoms with Crippen LogP contribution in [-0.4, -0.2) is 35.6 Å². The van der Waals surface area contributed by atoms with E-state index in [-0.39, 0.29) is 5.92 Å². The van der Waals surface area contributed by atoms with Gasteiger partial charge in [0.25, 0.3) is 0 Å². The molecule has 7 heteroatoms. The van der Waals surface area contributed by atoms with Crippen LogP contribution >= 0.6 is 0 Å². The predicted octanol–water partition coefficient (Wildman–Crippen LogP) is 0.916. The van der Waals surface area contributed by atoms with E-state index < -0.39 is 35.6 Å². The quantitative estimate of drug-likeness (QED) is 0.677. The molecule has 0 saturated carbocycles. The van der Waals surface area contributed by atoms with Crippen molar-refractivity contribution in [3.8, 4) is 0 Å². The predicted molar refractivity (Wildman–Crippen MR) is 79.4 cm³/mol. The molecule has 0 radical (unpaired) electrons. The molecule has 0 aromatic rings. The highest BCUT2D eigenvalue weighted by molar-refractivity contribution is 5.90. The molecule has 122 valence electrons. The maximum Gasteiger partial charge on any atom is 0.408 e. The van der Waals surface area contributed by atoms with Crippen LogP contribution < -0.4 is 16.4 Å². The van der Waals surface area contributed by atoms with Gasteiger partial charge in [-0.25, -0.2) is 4.79 Å². The van der Waals surface area contributed by atoms with Crippen molar-refractivity contribution in [1.29, 1.82) is 0 Å². The van der Waals surface area contributed by atoms with E-state index in [0.717, 1.165) is 0 Å². The van der Waals surface area contributed by atoms with Crippen LogP contribution in [-0.2, 0) is 14.3 Å². The van der Waals surface area contributed by atoms with Gasteiger partial charge in [-0.1, -0.05) is 20.3 Å². The average Bonchev–Trinajstić information content (AvgIpc) is 2.31. The lowest BCUT2D eigenvalue weighted by Crippen LogP contribution is -2.54. The second-order valence-corrected chi connectivity index (χ2v) is 6.14. The molecule has 0 heterocycles. The largest absolute Gasteiger partial charge is 0.444 e. The molecule has 0 unspecified atom stereocenters. The van der Waals surface area contributed by atoms with E-state index in [1.807, 2.05) is 13.8 Å². The fourth-order valence-electron chi connectivity index (χ4n) is 1.56. The Morgan fingerprint density at radius 2 is 1.67 bits per heavy atom. The number of ether oxygens (including phenoxy) is 1. The summed E-state index contributed by atoms with van der Waals surface area (Å²) in [5, 5.41) is 4.96. The van der Waals surface area contributed by atoms with Crippen LogP contribution in [0.5, 0.6) is 0 Å². The zero-order valence-corrected chi connectivity index (χ0v) is 13.6. The Hall–Kier alpha value is -1.79. The molecule has 3 atom stereocenters. The van der Waals surface area contributed by atoms with Crippen molar-refractivity contribution in [2.45, 2.75) is 65.6 Å². The maximum absolute atomic E-state index is 12.0. The summed E-state index contributed by atoms with van der Waals surface area (Å²) < 4.78 is 5.06. The van der Waals surface area contributed by atoms with Crippen molar-refractivity contribution in [3.05, 3.63) is 0 Å². The van der Waals surface area contributed by atoms with Crippen LogP contribution in [0.3, 0.4) is 0 Å². The molecular formula is C14H27N3O4. The molecule has 0 fully saturated rings. The lowest BCUT2D eigenvalue weighted by molar-refractivity contribution is -0.129. The third-order valence-electron chi connectivity index (χ3n) is 2.94. The van der Waals surface area contributed by atoms with Gasteiger partial charge in [0.05, 0.1) is 0 Å². The standard InChI is InChI=1S/C14H27N3O4/c1-7-8(2)10(11(15)18)17-12(19)9(3)16-13(20)21-14(4,5)6/h8-10H,7H2,1-6H3,(H2,15,18)(H,16,20)(H,17,19)/t8-,9+,10-/m0/s1. The third kappa shape index (κ3) is 7.53. The summed E-state index contributed by atoms with van der Waals surface area (Å²) in [5.74, 6) is -1.16. The Kier molecular flexibility index (Phi) is 7.18. The molecule has 0 spiro atoms. The first-order valence-corrected chi connectivity index (χ1v) is 7.07. The molecular weight excluding hydrogens is 274 g/mol. The fraction of sp³-hybridized carbons (Fsp3) is 0.786. The van der Waals surface area contributed by atoms with Gasteiger partial charge in [0, 0.05) is 0 Å². The Morgan fingerprint density at radius 3 is 2.05 bits per heavy atom. The zero-order valence-electron chi connectivity index (χ0n) is 13.6. The first-order chi connectivity index (χ1) is 9.47. The highest BCUT2D eigenvalue weighted by atomic mass is 16.6. The van der Waals surface area contributed by atoms with Gasteiger partial charge >= 0.3 is 6.09 Å². The van der Waals surface area contributed by atoms with Crippen molar-refractivity contribution >= 4 is 17.9 Å². The monoisotopic (exact) mass is 301 g/mol. The second-order valence-electron chi connectivity index (χ2n) is 6.14. The number of hydrogen-bond acceptors (Lipinski definition) is 4. The number of carbonyl (C=O) groups excluding carboxylic acids is 3. The molecule has 21 heavy (non-hydrogen) atoms. The normalized spacial score (nSPS) is 15.5. The Morgan fingerprint density at radius 1 is 1.14 bits per heavy atom. The molecule has 0 aliphatic rings. The Bertz CT molecular complexity index is 390. The van der Waals surface area contributed by atoms with Gasteiger partial charge in [-0.05, 0) is 33.6 Å². The van der Waals surface area contributed by atoms with E-state index in [1.54, 1.807) is 20.8 Å². The number of hydrogen-bond donors (Lipinski definition) is 3. The molecule has 0 aliphatic heterocycles.